The Kier molecular flexibility index (Phi) is 4.69. The Morgan fingerprint density at radius 2 is 1.79 bits per heavy atom. The van der Waals surface area contributed by atoms with Crippen molar-refractivity contribution in [2.75, 3.05) is 0 Å². The van der Waals surface area contributed by atoms with Crippen LogP contribution in [0.2, 0.25) is 0 Å². The molecule has 0 saturated heterocycles. The summed E-state index contributed by atoms with van der Waals surface area (Å²) < 4.78 is 6.35. The van der Waals surface area contributed by atoms with Gasteiger partial charge in [0.1, 0.15) is 5.78 Å². The maximum absolute atomic E-state index is 12.6. The maximum Gasteiger partial charge on any atom is 0.139 e. The van der Waals surface area contributed by atoms with E-state index in [-0.39, 0.29) is 5.41 Å². The van der Waals surface area contributed by atoms with Gasteiger partial charge in [0.25, 0.3) is 0 Å². The Morgan fingerprint density at radius 3 is 2.61 bits per heavy atom. The predicted molar refractivity (Wildman–Crippen MR) is 112 cm³/mol. The van der Waals surface area contributed by atoms with Gasteiger partial charge in [-0.05, 0) is 86.0 Å². The third-order valence-corrected chi connectivity index (χ3v) is 9.66. The van der Waals surface area contributed by atoms with E-state index in [0.29, 0.717) is 23.2 Å². The van der Waals surface area contributed by atoms with Crippen LogP contribution in [0, 0.1) is 34.5 Å². The van der Waals surface area contributed by atoms with Gasteiger partial charge in [-0.1, -0.05) is 44.2 Å². The minimum atomic E-state index is 0.0142. The molecule has 0 unspecified atom stereocenters. The highest BCUT2D eigenvalue weighted by molar-refractivity contribution is 5.87. The summed E-state index contributed by atoms with van der Waals surface area (Å²) in [6.45, 7) is 5.65. The molecule has 0 radical (unpaired) electrons. The first-order valence-corrected chi connectivity index (χ1v) is 11.7. The van der Waals surface area contributed by atoms with Crippen LogP contribution in [0.4, 0.5) is 0 Å². The molecule has 0 spiro atoms. The van der Waals surface area contributed by atoms with Crippen LogP contribution in [0.3, 0.4) is 0 Å². The van der Waals surface area contributed by atoms with Gasteiger partial charge in [0.05, 0.1) is 12.7 Å². The summed E-state index contributed by atoms with van der Waals surface area (Å²) in [7, 11) is 0. The highest BCUT2D eigenvalue weighted by Crippen LogP contribution is 2.65. The van der Waals surface area contributed by atoms with Crippen molar-refractivity contribution in [3.8, 4) is 0 Å². The van der Waals surface area contributed by atoms with Crippen LogP contribution in [0.1, 0.15) is 77.2 Å². The number of benzene rings is 1. The number of hydrogen-bond acceptors (Lipinski definition) is 2. The van der Waals surface area contributed by atoms with Crippen molar-refractivity contribution in [3.63, 3.8) is 0 Å². The first-order valence-electron chi connectivity index (χ1n) is 11.7. The predicted octanol–water partition coefficient (Wildman–Crippen LogP) is 6.18. The number of ether oxygens (including phenoxy) is 1. The first-order chi connectivity index (χ1) is 13.5. The summed E-state index contributed by atoms with van der Waals surface area (Å²) in [5.74, 6) is 3.69. The van der Waals surface area contributed by atoms with Crippen molar-refractivity contribution >= 4 is 5.78 Å². The minimum absolute atomic E-state index is 0.0142. The quantitative estimate of drug-likeness (QED) is 0.625. The van der Waals surface area contributed by atoms with Crippen LogP contribution in [0.15, 0.2) is 30.3 Å². The summed E-state index contributed by atoms with van der Waals surface area (Å²) >= 11 is 0. The Hall–Kier alpha value is -1.15. The molecule has 2 heteroatoms. The molecule has 0 amide bonds. The highest BCUT2D eigenvalue weighted by Gasteiger charge is 2.60. The van der Waals surface area contributed by atoms with Crippen LogP contribution >= 0.6 is 0 Å². The van der Waals surface area contributed by atoms with Gasteiger partial charge in [0.15, 0.2) is 0 Å². The summed E-state index contributed by atoms with van der Waals surface area (Å²) in [5.41, 5.74) is 1.78. The number of carbonyl (C=O) groups excluding carboxylic acids is 1. The van der Waals surface area contributed by atoms with Gasteiger partial charge in [-0.2, -0.15) is 0 Å². The molecule has 1 aromatic rings. The number of fused-ring (bicyclic) bond motifs is 5. The average molecular weight is 381 g/mol. The second-order valence-electron chi connectivity index (χ2n) is 10.8. The monoisotopic (exact) mass is 380 g/mol. The summed E-state index contributed by atoms with van der Waals surface area (Å²) in [4.78, 5) is 12.6. The van der Waals surface area contributed by atoms with E-state index < -0.39 is 0 Å². The molecule has 152 valence electrons. The largest absolute Gasteiger partial charge is 0.374 e. The summed E-state index contributed by atoms with van der Waals surface area (Å²) in [6.07, 6.45) is 11.3. The van der Waals surface area contributed by atoms with Crippen molar-refractivity contribution in [2.45, 2.75) is 84.3 Å². The van der Waals surface area contributed by atoms with Gasteiger partial charge in [-0.15, -0.1) is 0 Å². The topological polar surface area (TPSA) is 26.3 Å². The molecule has 4 aliphatic carbocycles. The van der Waals surface area contributed by atoms with Crippen molar-refractivity contribution in [3.05, 3.63) is 35.9 Å². The maximum atomic E-state index is 12.6. The van der Waals surface area contributed by atoms with E-state index in [0.717, 1.165) is 37.2 Å². The molecule has 0 aliphatic heterocycles. The number of Topliss-reactive ketones (excluding diaryl/α,β-unsaturated/α-hetero) is 1. The summed E-state index contributed by atoms with van der Waals surface area (Å²) in [5, 5.41) is 0. The van der Waals surface area contributed by atoms with E-state index in [1.165, 1.54) is 50.5 Å². The van der Waals surface area contributed by atoms with Crippen LogP contribution < -0.4 is 0 Å². The van der Waals surface area contributed by atoms with Crippen LogP contribution in [-0.4, -0.2) is 11.9 Å². The van der Waals surface area contributed by atoms with E-state index >= 15 is 0 Å². The van der Waals surface area contributed by atoms with E-state index in [2.05, 4.69) is 44.2 Å². The lowest BCUT2D eigenvalue weighted by atomic mass is 9.45. The van der Waals surface area contributed by atoms with E-state index in [1.54, 1.807) is 0 Å². The number of carbonyl (C=O) groups is 1. The zero-order chi connectivity index (χ0) is 19.4. The molecule has 4 aliphatic rings. The van der Waals surface area contributed by atoms with Gasteiger partial charge >= 0.3 is 0 Å². The van der Waals surface area contributed by atoms with E-state index in [4.69, 9.17) is 4.74 Å². The molecule has 7 atom stereocenters. The van der Waals surface area contributed by atoms with Gasteiger partial charge in [-0.25, -0.2) is 0 Å². The fourth-order valence-corrected chi connectivity index (χ4v) is 7.93. The Bertz CT molecular complexity index is 727. The van der Waals surface area contributed by atoms with Crippen molar-refractivity contribution < 1.29 is 9.53 Å². The number of ketones is 1. The van der Waals surface area contributed by atoms with Gasteiger partial charge in [0, 0.05) is 11.8 Å². The Balaban J connectivity index is 1.27. The molecule has 0 aromatic heterocycles. The zero-order valence-electron chi connectivity index (χ0n) is 17.7. The highest BCUT2D eigenvalue weighted by atomic mass is 16.5. The zero-order valence-corrected chi connectivity index (χ0v) is 17.7. The van der Waals surface area contributed by atoms with Crippen LogP contribution in [0.5, 0.6) is 0 Å². The lowest BCUT2D eigenvalue weighted by molar-refractivity contribution is -0.145. The fourth-order valence-electron chi connectivity index (χ4n) is 7.93. The standard InChI is InChI=1S/C26H36O2/c1-25-14-12-20(28-17-18-6-4-3-5-7-18)16-19(25)8-9-21-22-10-11-24(27)26(22,2)15-13-23(21)25/h3-7,19-23H,8-17H2,1-2H3/t19-,20-,21-,22+,23-,25+,26+/m0/s1. The summed E-state index contributed by atoms with van der Waals surface area (Å²) in [6, 6.07) is 10.6. The number of hydrogen-bond donors (Lipinski definition) is 0. The second-order valence-corrected chi connectivity index (χ2v) is 10.8. The third-order valence-electron chi connectivity index (χ3n) is 9.66. The smallest absolute Gasteiger partial charge is 0.139 e. The van der Waals surface area contributed by atoms with Crippen molar-refractivity contribution in [1.29, 1.82) is 0 Å². The van der Waals surface area contributed by atoms with Crippen molar-refractivity contribution in [1.82, 2.24) is 0 Å². The molecule has 4 saturated carbocycles. The van der Waals surface area contributed by atoms with Gasteiger partial charge in [-0.3, -0.25) is 4.79 Å². The molecule has 2 nitrogen and oxygen atoms in total. The molecule has 4 fully saturated rings. The SMILES string of the molecule is C[C@@]12CC[C@H](OCc3ccccc3)C[C@@H]1CC[C@H]1[C@H]3CCC(=O)[C@]3(C)CC[C@@H]12. The molecule has 1 aromatic carbocycles. The Labute approximate surface area is 170 Å². The lowest BCUT2D eigenvalue weighted by Gasteiger charge is -2.60. The van der Waals surface area contributed by atoms with E-state index in [9.17, 15) is 4.79 Å². The van der Waals surface area contributed by atoms with Gasteiger partial charge in [0.2, 0.25) is 0 Å². The minimum Gasteiger partial charge on any atom is -0.374 e. The normalized spacial score (nSPS) is 45.2. The molecule has 0 heterocycles. The third kappa shape index (κ3) is 2.90. The van der Waals surface area contributed by atoms with Crippen LogP contribution in [-0.2, 0) is 16.1 Å². The van der Waals surface area contributed by atoms with Gasteiger partial charge < -0.3 is 4.74 Å². The lowest BCUT2D eigenvalue weighted by Crippen LogP contribution is -2.54. The van der Waals surface area contributed by atoms with Crippen LogP contribution in [0.25, 0.3) is 0 Å². The second kappa shape index (κ2) is 6.97. The molecule has 0 bridgehead atoms. The average Bonchev–Trinajstić information content (AvgIpc) is 3.02. The molecular weight excluding hydrogens is 344 g/mol. The molecule has 5 rings (SSSR count). The molecule has 0 N–H and O–H groups in total. The molecular formula is C26H36O2. The van der Waals surface area contributed by atoms with E-state index in [1.807, 2.05) is 0 Å². The number of rotatable bonds is 3. The fraction of sp³-hybridized carbons (Fsp3) is 0.731. The van der Waals surface area contributed by atoms with Crippen molar-refractivity contribution in [2.24, 2.45) is 34.5 Å². The molecule has 28 heavy (non-hydrogen) atoms. The Morgan fingerprint density at radius 1 is 0.964 bits per heavy atom. The first kappa shape index (κ1) is 18.9.